The third-order valence-corrected chi connectivity index (χ3v) is 21.0. The number of anilines is 4. The fraction of sp³-hybridized carbons (Fsp3) is 0.449. The van der Waals surface area contributed by atoms with E-state index in [2.05, 4.69) is 41.2 Å². The van der Waals surface area contributed by atoms with Crippen LogP contribution in [0.15, 0.2) is 107 Å². The van der Waals surface area contributed by atoms with E-state index in [1.807, 2.05) is 12.1 Å². The third-order valence-electron chi connectivity index (χ3n) is 17.2. The van der Waals surface area contributed by atoms with Gasteiger partial charge in [0.1, 0.15) is 61.3 Å². The van der Waals surface area contributed by atoms with E-state index in [9.17, 15) is 86.5 Å². The number of carbonyl (C=O) groups excluding carboxylic acids is 4. The zero-order chi connectivity index (χ0) is 80.1. The van der Waals surface area contributed by atoms with Crippen LogP contribution in [0, 0.1) is 0 Å². The first-order chi connectivity index (χ1) is 53.1. The monoisotopic (exact) mass is 1590 g/mol. The molecule has 0 spiro atoms. The smallest absolute Gasteiger partial charge is 0.335 e. The molecular weight excluding hydrogens is 1510 g/mol. The van der Waals surface area contributed by atoms with Gasteiger partial charge in [0.15, 0.2) is 35.2 Å². The summed E-state index contributed by atoms with van der Waals surface area (Å²) >= 11 is 0. The molecule has 6 aliphatic heterocycles. The number of carbonyl (C=O) groups is 6. The maximum Gasteiger partial charge on any atom is 0.335 e. The minimum absolute atomic E-state index is 0.0369. The van der Waals surface area contributed by atoms with E-state index in [1.165, 1.54) is 60.9 Å². The lowest BCUT2D eigenvalue weighted by molar-refractivity contribution is -0.286. The highest BCUT2D eigenvalue weighted by Crippen LogP contribution is 2.34. The van der Waals surface area contributed by atoms with Gasteiger partial charge in [-0.25, -0.2) is 46.4 Å². The summed E-state index contributed by atoms with van der Waals surface area (Å²) in [7, 11) is -4.94. The lowest BCUT2D eigenvalue weighted by Crippen LogP contribution is -2.60. The highest BCUT2D eigenvalue weighted by Gasteiger charge is 2.50. The second-order valence-corrected chi connectivity index (χ2v) is 28.7. The first-order valence-corrected chi connectivity index (χ1v) is 37.4. The average Bonchev–Trinajstić information content (AvgIpc) is 0.793. The van der Waals surface area contributed by atoms with Gasteiger partial charge in [-0.05, 0) is 56.9 Å². The number of fused-ring (bicyclic) bond motifs is 26. The van der Waals surface area contributed by atoms with Crippen molar-refractivity contribution in [1.29, 1.82) is 0 Å². The molecule has 602 valence electrons. The second kappa shape index (κ2) is 40.0. The first-order valence-electron chi connectivity index (χ1n) is 34.6. The Morgan fingerprint density at radius 2 is 0.892 bits per heavy atom. The maximum atomic E-state index is 13.9. The van der Waals surface area contributed by atoms with Gasteiger partial charge in [-0.2, -0.15) is 8.61 Å². The van der Waals surface area contributed by atoms with Crippen LogP contribution < -0.4 is 42.2 Å². The van der Waals surface area contributed by atoms with Crippen LogP contribution in [0.25, 0.3) is 22.5 Å². The summed E-state index contributed by atoms with van der Waals surface area (Å²) in [4.78, 5) is 92.1. The molecular formula is C69H86N12O28S2. The van der Waals surface area contributed by atoms with Crippen LogP contribution >= 0.6 is 0 Å². The number of aliphatic hydroxyl groups excluding tert-OH is 6. The van der Waals surface area contributed by atoms with E-state index in [1.54, 1.807) is 38.4 Å². The number of hydrogen-bond acceptors (Lipinski definition) is 34. The van der Waals surface area contributed by atoms with Crippen LogP contribution in [0.2, 0.25) is 0 Å². The predicted octanol–water partition coefficient (Wildman–Crippen LogP) is -1.73. The molecule has 6 aromatic rings. The van der Waals surface area contributed by atoms with E-state index in [0.717, 1.165) is 19.7 Å². The largest absolute Gasteiger partial charge is 0.489 e. The Labute approximate surface area is 634 Å². The number of nitrogens with one attached hydrogen (secondary N) is 4. The van der Waals surface area contributed by atoms with E-state index >= 15 is 0 Å². The molecule has 10 unspecified atom stereocenters. The van der Waals surface area contributed by atoms with Crippen LogP contribution in [0.4, 0.5) is 23.0 Å². The highest BCUT2D eigenvalue weighted by atomic mass is 32.2. The van der Waals surface area contributed by atoms with Gasteiger partial charge in [0.05, 0.1) is 104 Å². The van der Waals surface area contributed by atoms with E-state index in [0.29, 0.717) is 47.1 Å². The summed E-state index contributed by atoms with van der Waals surface area (Å²) in [6, 6.07) is 21.7. The number of nitrogens with two attached hydrogens (primary N) is 2. The van der Waals surface area contributed by atoms with Crippen molar-refractivity contribution in [3.63, 3.8) is 0 Å². The van der Waals surface area contributed by atoms with Gasteiger partial charge in [-0.15, -0.1) is 0 Å². The van der Waals surface area contributed by atoms with Crippen LogP contribution in [0.1, 0.15) is 51.4 Å². The molecule has 4 aromatic carbocycles. The normalized spacial score (nSPS) is 23.8. The second-order valence-electron chi connectivity index (χ2n) is 24.8. The van der Waals surface area contributed by atoms with Crippen LogP contribution in [-0.4, -0.2) is 290 Å². The summed E-state index contributed by atoms with van der Waals surface area (Å²) in [5.41, 5.74) is 15.3. The molecule has 2 fully saturated rings. The topological polar surface area (TPSA) is 583 Å². The third kappa shape index (κ3) is 22.1. The number of aliphatic carboxylic acids is 2. The van der Waals surface area contributed by atoms with Gasteiger partial charge >= 0.3 is 23.9 Å². The van der Waals surface area contributed by atoms with Gasteiger partial charge < -0.3 is 121 Å². The number of para-hydroxylation sites is 2. The lowest BCUT2D eigenvalue weighted by atomic mass is 9.99. The van der Waals surface area contributed by atoms with Crippen molar-refractivity contribution in [2.45, 2.75) is 104 Å². The molecule has 8 heterocycles. The minimum atomic E-state index is -4.30. The molecule has 2 saturated heterocycles. The predicted molar refractivity (Wildman–Crippen MR) is 385 cm³/mol. The molecule has 6 aliphatic rings. The summed E-state index contributed by atoms with van der Waals surface area (Å²) in [5, 5.41) is 90.4. The zero-order valence-corrected chi connectivity index (χ0v) is 61.5. The van der Waals surface area contributed by atoms with Gasteiger partial charge in [-0.3, -0.25) is 19.2 Å². The quantitative estimate of drug-likeness (QED) is 0.0401. The fourth-order valence-corrected chi connectivity index (χ4v) is 14.3. The Morgan fingerprint density at radius 3 is 1.29 bits per heavy atom. The SMILES string of the molecule is CNCc1cccc2c1OCCOCCOCCN(CCC(=O)OC1OC(C(=O)O)C(O)C(O)C1O)S(=O)(=O)c1ccc(cc1)-c1cnc(N)c(n1)C(=O)N2.CNCc1cccc2c1OCCOCCOCCN(CCCC(=O)OC1OC(C(=O)O)C(O)C(O)C1O)S(=O)(=O)c1ccc(cc1)-c1cnc(N)c(n1)C(=O)N2. The molecule has 16 N–H and O–H groups in total. The number of nitrogens with zero attached hydrogens (tertiary/aromatic N) is 6. The van der Waals surface area contributed by atoms with Gasteiger partial charge in [0, 0.05) is 67.9 Å². The number of aromatic nitrogens is 4. The standard InChI is InChI=1S/C35H44N6O14S.C34H42N6O14S/c1-37-18-21-4-2-5-23-30(21)53-17-16-52-15-14-51-13-12-41(11-3-6-25(42)54-35-29(45)27(43)28(44)31(55-35)34(47)48)56(49,50)22-9-7-20(8-10-22)24-19-38-32(36)26(39-24)33(46)40-23;1-36-17-20-3-2-4-22-29(20)52-16-15-51-14-13-50-12-11-40(10-9-24(41)53-34-28(44)26(42)27(43)30(54-34)33(46)47)55(48,49)21-7-5-19(6-8-21)23-18-37-31(35)25(38-23)32(45)39-22/h2,4-5,7-10,19,27-29,31,35,37,43-45H,3,6,11-18H2,1H3,(H2,36,38)(H,40,46)(H,47,48);2-8,18,26-28,30,34,36,42-44H,9-17H2,1H3,(H2,35,37)(H,39,45)(H,46,47). The molecule has 40 nitrogen and oxygen atoms in total. The highest BCUT2D eigenvalue weighted by molar-refractivity contribution is 7.89. The number of sulfonamides is 2. The molecule has 10 atom stereocenters. The first kappa shape index (κ1) is 85.3. The Morgan fingerprint density at radius 1 is 0.514 bits per heavy atom. The summed E-state index contributed by atoms with van der Waals surface area (Å²) < 4.78 is 112. The van der Waals surface area contributed by atoms with Gasteiger partial charge in [0.2, 0.25) is 32.6 Å². The number of esters is 2. The van der Waals surface area contributed by atoms with Crippen LogP contribution in [0.5, 0.6) is 11.5 Å². The van der Waals surface area contributed by atoms with Crippen molar-refractivity contribution >= 4 is 78.7 Å². The van der Waals surface area contributed by atoms with Crippen molar-refractivity contribution in [1.82, 2.24) is 39.2 Å². The maximum absolute atomic E-state index is 13.9. The van der Waals surface area contributed by atoms with Crippen LogP contribution in [-0.2, 0) is 90.2 Å². The minimum Gasteiger partial charge on any atom is -0.489 e. The summed E-state index contributed by atoms with van der Waals surface area (Å²) in [5.74, 6) is -6.16. The Bertz CT molecular complexity index is 4440. The average molecular weight is 1600 g/mol. The summed E-state index contributed by atoms with van der Waals surface area (Å²) in [6.07, 6.45) is -18.1. The van der Waals surface area contributed by atoms with Crippen molar-refractivity contribution in [2.24, 2.45) is 0 Å². The molecule has 12 rings (SSSR count). The molecule has 0 radical (unpaired) electrons. The molecule has 2 amide bonds. The number of carboxylic acid groups (broad SMARTS) is 2. The number of amides is 2. The molecule has 0 saturated carbocycles. The van der Waals surface area contributed by atoms with Gasteiger partial charge in [-0.1, -0.05) is 48.5 Å². The Balaban J connectivity index is 0.000000255. The van der Waals surface area contributed by atoms with Crippen molar-refractivity contribution in [3.8, 4) is 34.0 Å². The van der Waals surface area contributed by atoms with E-state index < -0.39 is 137 Å². The van der Waals surface area contributed by atoms with E-state index in [-0.39, 0.29) is 136 Å². The van der Waals surface area contributed by atoms with Crippen molar-refractivity contribution < 1.29 is 134 Å². The molecule has 8 bridgehead atoms. The molecule has 2 aromatic heterocycles. The van der Waals surface area contributed by atoms with Crippen molar-refractivity contribution in [3.05, 3.63) is 120 Å². The number of ether oxygens (including phenoxy) is 10. The molecule has 0 aliphatic carbocycles. The number of aliphatic hydroxyl groups is 6. The Hall–Kier alpha value is -9.68. The van der Waals surface area contributed by atoms with Crippen LogP contribution in [0.3, 0.4) is 0 Å². The number of rotatable bonds is 15. The number of carboxylic acids is 2. The fourth-order valence-electron chi connectivity index (χ4n) is 11.4. The summed E-state index contributed by atoms with van der Waals surface area (Å²) in [6.45, 7) is 0.788. The lowest BCUT2D eigenvalue weighted by Gasteiger charge is -2.38. The number of benzene rings is 4. The van der Waals surface area contributed by atoms with E-state index in [4.69, 9.17) is 58.8 Å². The molecule has 42 heteroatoms. The molecule has 111 heavy (non-hydrogen) atoms. The zero-order valence-electron chi connectivity index (χ0n) is 59.8. The Kier molecular flexibility index (Phi) is 30.7. The number of hydrogen-bond donors (Lipinski definition) is 14. The number of nitrogen functional groups attached to an aromatic ring is 2. The van der Waals surface area contributed by atoms with Gasteiger partial charge in [0.25, 0.3) is 11.8 Å². The van der Waals surface area contributed by atoms with Crippen molar-refractivity contribution in [2.75, 3.05) is 128 Å².